The minimum Gasteiger partial charge on any atom is -0.462 e. The highest BCUT2D eigenvalue weighted by Crippen LogP contribution is 2.24. The average Bonchev–Trinajstić information content (AvgIpc) is 2.49. The van der Waals surface area contributed by atoms with E-state index in [1.807, 2.05) is 13.8 Å². The summed E-state index contributed by atoms with van der Waals surface area (Å²) in [5.74, 6) is -0.438. The van der Waals surface area contributed by atoms with Gasteiger partial charge in [0.2, 0.25) is 0 Å². The Morgan fingerprint density at radius 3 is 2.71 bits per heavy atom. The van der Waals surface area contributed by atoms with Gasteiger partial charge in [-0.2, -0.15) is 15.3 Å². The molecule has 2 aromatic rings. The van der Waals surface area contributed by atoms with Crippen molar-refractivity contribution in [2.75, 3.05) is 6.61 Å². The third-order valence-electron chi connectivity index (χ3n) is 3.47. The normalized spacial score (nSPS) is 11.0. The van der Waals surface area contributed by atoms with Crippen molar-refractivity contribution in [3.8, 4) is 0 Å². The highest BCUT2D eigenvalue weighted by atomic mass is 16.5. The highest BCUT2D eigenvalue weighted by Gasteiger charge is 2.19. The van der Waals surface area contributed by atoms with Crippen molar-refractivity contribution in [3.05, 3.63) is 38.8 Å². The van der Waals surface area contributed by atoms with Gasteiger partial charge in [0.05, 0.1) is 23.8 Å². The van der Waals surface area contributed by atoms with Gasteiger partial charge in [-0.3, -0.25) is 4.79 Å². The molecule has 7 nitrogen and oxygen atoms in total. The first-order valence-electron chi connectivity index (χ1n) is 7.60. The van der Waals surface area contributed by atoms with Crippen molar-refractivity contribution < 1.29 is 9.53 Å². The third kappa shape index (κ3) is 3.40. The molecule has 0 saturated carbocycles. The van der Waals surface area contributed by atoms with Gasteiger partial charge in [-0.25, -0.2) is 9.89 Å². The number of carbonyl (C=O) groups excluding carboxylic acids is 1. The van der Waals surface area contributed by atoms with Crippen LogP contribution < -0.4 is 5.56 Å². The van der Waals surface area contributed by atoms with Gasteiger partial charge >= 0.3 is 5.97 Å². The van der Waals surface area contributed by atoms with Crippen LogP contribution in [0, 0.1) is 13.8 Å². The molecule has 0 fully saturated rings. The molecule has 0 spiro atoms. The predicted molar refractivity (Wildman–Crippen MR) is 94.2 cm³/mol. The summed E-state index contributed by atoms with van der Waals surface area (Å²) in [6.45, 7) is 9.20. The van der Waals surface area contributed by atoms with Crippen molar-refractivity contribution in [2.45, 2.75) is 34.6 Å². The number of benzene rings is 1. The molecule has 0 aliphatic heterocycles. The number of nitrogens with zero attached hydrogens (tertiary/aromatic N) is 3. The summed E-state index contributed by atoms with van der Waals surface area (Å²) in [4.78, 5) is 24.4. The number of fused-ring (bicyclic) bond motifs is 1. The van der Waals surface area contributed by atoms with E-state index in [1.54, 1.807) is 26.8 Å². The van der Waals surface area contributed by atoms with Crippen LogP contribution in [0.4, 0.5) is 0 Å². The Morgan fingerprint density at radius 2 is 2.08 bits per heavy atom. The molecule has 7 heteroatoms. The third-order valence-corrected chi connectivity index (χ3v) is 3.47. The number of ether oxygens (including phenoxy) is 1. The van der Waals surface area contributed by atoms with Crippen LogP contribution in [-0.4, -0.2) is 34.7 Å². The van der Waals surface area contributed by atoms with E-state index in [1.165, 1.54) is 6.21 Å². The quantitative estimate of drug-likeness (QED) is 0.530. The van der Waals surface area contributed by atoms with Gasteiger partial charge < -0.3 is 4.74 Å². The van der Waals surface area contributed by atoms with Crippen LogP contribution in [-0.2, 0) is 4.74 Å². The molecule has 126 valence electrons. The zero-order valence-electron chi connectivity index (χ0n) is 14.4. The standard InChI is InChI=1S/C17H20N4O3/c1-6-24-17(23)14-10(4)7-12-13(8-18-19-9(2)3)20-21-16(22)15(12)11(14)5/h7-8H,6H2,1-5H3,(H,21,22)/b18-8+. The first-order chi connectivity index (χ1) is 11.4. The lowest BCUT2D eigenvalue weighted by atomic mass is 9.96. The summed E-state index contributed by atoms with van der Waals surface area (Å²) >= 11 is 0. The lowest BCUT2D eigenvalue weighted by Crippen LogP contribution is -2.16. The molecule has 0 atom stereocenters. The van der Waals surface area contributed by atoms with E-state index in [9.17, 15) is 9.59 Å². The van der Waals surface area contributed by atoms with E-state index in [-0.39, 0.29) is 12.2 Å². The summed E-state index contributed by atoms with van der Waals surface area (Å²) in [6, 6.07) is 1.75. The topological polar surface area (TPSA) is 96.8 Å². The molecule has 1 heterocycles. The number of aromatic amines is 1. The van der Waals surface area contributed by atoms with Crippen molar-refractivity contribution in [1.82, 2.24) is 10.2 Å². The Morgan fingerprint density at radius 1 is 1.38 bits per heavy atom. The number of hydrogen-bond donors (Lipinski definition) is 1. The molecule has 1 aromatic carbocycles. The van der Waals surface area contributed by atoms with Crippen LogP contribution >= 0.6 is 0 Å². The van der Waals surface area contributed by atoms with Gasteiger partial charge in [-0.05, 0) is 51.8 Å². The summed E-state index contributed by atoms with van der Waals surface area (Å²) in [5, 5.41) is 15.4. The fourth-order valence-corrected chi connectivity index (χ4v) is 2.52. The number of carbonyl (C=O) groups is 1. The number of hydrogen-bond acceptors (Lipinski definition) is 6. The lowest BCUT2D eigenvalue weighted by Gasteiger charge is -2.12. The molecular weight excluding hydrogens is 308 g/mol. The van der Waals surface area contributed by atoms with E-state index < -0.39 is 5.97 Å². The Kier molecular flexibility index (Phi) is 5.23. The molecule has 0 unspecified atom stereocenters. The first-order valence-corrected chi connectivity index (χ1v) is 7.60. The van der Waals surface area contributed by atoms with Gasteiger partial charge in [0, 0.05) is 11.1 Å². The zero-order chi connectivity index (χ0) is 17.9. The molecule has 0 saturated heterocycles. The maximum Gasteiger partial charge on any atom is 0.338 e. The SMILES string of the molecule is CCOC(=O)c1c(C)cc2c(/C=N/N=C(C)C)n[nH]c(=O)c2c1C. The van der Waals surface area contributed by atoms with Crippen LogP contribution in [0.25, 0.3) is 10.8 Å². The van der Waals surface area contributed by atoms with Gasteiger partial charge in [0.15, 0.2) is 0 Å². The number of nitrogens with one attached hydrogen (secondary N) is 1. The molecule has 0 radical (unpaired) electrons. The molecule has 1 N–H and O–H groups in total. The Bertz CT molecular complexity index is 906. The minimum atomic E-state index is -0.438. The molecule has 1 aromatic heterocycles. The first kappa shape index (κ1) is 17.5. The van der Waals surface area contributed by atoms with E-state index in [0.29, 0.717) is 27.6 Å². The zero-order valence-corrected chi connectivity index (χ0v) is 14.4. The highest BCUT2D eigenvalue weighted by molar-refractivity contribution is 6.04. The molecule has 0 aliphatic rings. The number of rotatable bonds is 4. The molecule has 2 rings (SSSR count). The smallest absolute Gasteiger partial charge is 0.338 e. The number of aryl methyl sites for hydroxylation is 2. The van der Waals surface area contributed by atoms with Gasteiger partial charge in [0.1, 0.15) is 5.69 Å². The van der Waals surface area contributed by atoms with Crippen LogP contribution in [0.3, 0.4) is 0 Å². The van der Waals surface area contributed by atoms with Crippen LogP contribution in [0.5, 0.6) is 0 Å². The second-order valence-corrected chi connectivity index (χ2v) is 5.57. The fourth-order valence-electron chi connectivity index (χ4n) is 2.52. The molecule has 0 bridgehead atoms. The van der Waals surface area contributed by atoms with E-state index in [4.69, 9.17) is 4.74 Å². The molecule has 24 heavy (non-hydrogen) atoms. The van der Waals surface area contributed by atoms with Gasteiger partial charge in [-0.15, -0.1) is 0 Å². The van der Waals surface area contributed by atoms with Crippen LogP contribution in [0.1, 0.15) is 48.0 Å². The van der Waals surface area contributed by atoms with Crippen molar-refractivity contribution in [3.63, 3.8) is 0 Å². The maximum absolute atomic E-state index is 12.2. The Hall–Kier alpha value is -2.83. The van der Waals surface area contributed by atoms with Gasteiger partial charge in [-0.1, -0.05) is 0 Å². The van der Waals surface area contributed by atoms with Crippen LogP contribution in [0.2, 0.25) is 0 Å². The predicted octanol–water partition coefficient (Wildman–Crippen LogP) is 2.53. The van der Waals surface area contributed by atoms with E-state index >= 15 is 0 Å². The number of aromatic nitrogens is 2. The second-order valence-electron chi connectivity index (χ2n) is 5.57. The van der Waals surface area contributed by atoms with Gasteiger partial charge in [0.25, 0.3) is 5.56 Å². The summed E-state index contributed by atoms with van der Waals surface area (Å²) in [5.41, 5.74) is 2.62. The van der Waals surface area contributed by atoms with Crippen molar-refractivity contribution in [1.29, 1.82) is 0 Å². The Balaban J connectivity index is 2.74. The Labute approximate surface area is 139 Å². The summed E-state index contributed by atoms with van der Waals surface area (Å²) in [7, 11) is 0. The maximum atomic E-state index is 12.2. The monoisotopic (exact) mass is 328 g/mol. The lowest BCUT2D eigenvalue weighted by molar-refractivity contribution is 0.0525. The van der Waals surface area contributed by atoms with E-state index in [0.717, 1.165) is 11.3 Å². The minimum absolute atomic E-state index is 0.273. The van der Waals surface area contributed by atoms with Crippen molar-refractivity contribution >= 4 is 28.7 Å². The molecule has 0 amide bonds. The summed E-state index contributed by atoms with van der Waals surface area (Å²) < 4.78 is 5.09. The van der Waals surface area contributed by atoms with Crippen molar-refractivity contribution in [2.24, 2.45) is 10.2 Å². The summed E-state index contributed by atoms with van der Waals surface area (Å²) in [6.07, 6.45) is 1.48. The number of H-pyrrole nitrogens is 1. The fraction of sp³-hybridized carbons (Fsp3) is 0.353. The van der Waals surface area contributed by atoms with Crippen LogP contribution in [0.15, 0.2) is 21.1 Å². The van der Waals surface area contributed by atoms with E-state index in [2.05, 4.69) is 20.4 Å². The average molecular weight is 328 g/mol. The number of esters is 1. The molecule has 0 aliphatic carbocycles. The second kappa shape index (κ2) is 7.16. The largest absolute Gasteiger partial charge is 0.462 e. The molecular formula is C17H20N4O3.